The molecule has 124 valence electrons. The van der Waals surface area contributed by atoms with E-state index in [2.05, 4.69) is 48.2 Å². The van der Waals surface area contributed by atoms with Gasteiger partial charge in [-0.15, -0.1) is 12.4 Å². The summed E-state index contributed by atoms with van der Waals surface area (Å²) in [7, 11) is 2.04. The quantitative estimate of drug-likeness (QED) is 0.802. The van der Waals surface area contributed by atoms with Gasteiger partial charge in [0.05, 0.1) is 0 Å². The predicted molar refractivity (Wildman–Crippen MR) is 97.0 cm³/mol. The summed E-state index contributed by atoms with van der Waals surface area (Å²) < 4.78 is 0. The SMILES string of the molecule is CC(c1ccc(-c2ccccc2)cc1)N(C)CCCC(=O)O.Cl. The fourth-order valence-corrected chi connectivity index (χ4v) is 2.51. The van der Waals surface area contributed by atoms with Crippen LogP contribution in [0.5, 0.6) is 0 Å². The topological polar surface area (TPSA) is 40.5 Å². The van der Waals surface area contributed by atoms with E-state index in [-0.39, 0.29) is 24.9 Å². The fourth-order valence-electron chi connectivity index (χ4n) is 2.51. The summed E-state index contributed by atoms with van der Waals surface area (Å²) in [6.45, 7) is 2.94. The molecule has 0 heterocycles. The Labute approximate surface area is 144 Å². The van der Waals surface area contributed by atoms with Crippen LogP contribution in [0.1, 0.15) is 31.4 Å². The molecular formula is C19H24ClNO2. The highest BCUT2D eigenvalue weighted by Gasteiger charge is 2.12. The number of aliphatic carboxylic acids is 1. The number of hydrogen-bond donors (Lipinski definition) is 1. The summed E-state index contributed by atoms with van der Waals surface area (Å²) in [6.07, 6.45) is 0.905. The van der Waals surface area contributed by atoms with Crippen LogP contribution in [0.3, 0.4) is 0 Å². The summed E-state index contributed by atoms with van der Waals surface area (Å²) in [5, 5.41) is 8.70. The lowest BCUT2D eigenvalue weighted by Gasteiger charge is -2.25. The van der Waals surface area contributed by atoms with Crippen molar-refractivity contribution in [1.29, 1.82) is 0 Å². The van der Waals surface area contributed by atoms with Crippen LogP contribution >= 0.6 is 12.4 Å². The van der Waals surface area contributed by atoms with Gasteiger partial charge in [0.15, 0.2) is 0 Å². The minimum atomic E-state index is -0.728. The van der Waals surface area contributed by atoms with E-state index in [0.717, 1.165) is 6.54 Å². The van der Waals surface area contributed by atoms with E-state index < -0.39 is 5.97 Å². The molecule has 2 rings (SSSR count). The molecule has 0 aromatic heterocycles. The zero-order chi connectivity index (χ0) is 15.9. The van der Waals surface area contributed by atoms with E-state index in [9.17, 15) is 4.79 Å². The highest BCUT2D eigenvalue weighted by Crippen LogP contribution is 2.24. The van der Waals surface area contributed by atoms with Crippen molar-refractivity contribution < 1.29 is 9.90 Å². The standard InChI is InChI=1S/C19H23NO2.ClH/c1-15(20(2)14-6-9-19(21)22)16-10-12-18(13-11-16)17-7-4-3-5-8-17;/h3-5,7-8,10-13,15H,6,9,14H2,1-2H3,(H,21,22);1H. The summed E-state index contributed by atoms with van der Waals surface area (Å²) >= 11 is 0. The van der Waals surface area contributed by atoms with Crippen molar-refractivity contribution in [3.8, 4) is 11.1 Å². The largest absolute Gasteiger partial charge is 0.481 e. The number of carboxylic acids is 1. The minimum absolute atomic E-state index is 0. The zero-order valence-electron chi connectivity index (χ0n) is 13.6. The van der Waals surface area contributed by atoms with Crippen LogP contribution in [0, 0.1) is 0 Å². The second-order valence-corrected chi connectivity index (χ2v) is 5.64. The molecule has 2 aromatic rings. The molecule has 3 nitrogen and oxygen atoms in total. The Bertz CT molecular complexity index is 599. The maximum absolute atomic E-state index is 10.6. The molecule has 4 heteroatoms. The fraction of sp³-hybridized carbons (Fsp3) is 0.316. The number of carboxylic acid groups (broad SMARTS) is 1. The number of carbonyl (C=O) groups is 1. The number of halogens is 1. The van der Waals surface area contributed by atoms with E-state index in [4.69, 9.17) is 5.11 Å². The van der Waals surface area contributed by atoms with Crippen LogP contribution in [0.25, 0.3) is 11.1 Å². The minimum Gasteiger partial charge on any atom is -0.481 e. The van der Waals surface area contributed by atoms with Gasteiger partial charge in [-0.05, 0) is 43.6 Å². The van der Waals surface area contributed by atoms with Crippen molar-refractivity contribution in [3.63, 3.8) is 0 Å². The highest BCUT2D eigenvalue weighted by molar-refractivity contribution is 5.85. The van der Waals surface area contributed by atoms with Crippen LogP contribution < -0.4 is 0 Å². The van der Waals surface area contributed by atoms with Gasteiger partial charge < -0.3 is 5.11 Å². The molecule has 0 aliphatic heterocycles. The molecule has 2 aromatic carbocycles. The van der Waals surface area contributed by atoms with E-state index in [0.29, 0.717) is 6.42 Å². The lowest BCUT2D eigenvalue weighted by atomic mass is 10.0. The van der Waals surface area contributed by atoms with Crippen LogP contribution in [0.15, 0.2) is 54.6 Å². The molecule has 0 radical (unpaired) electrons. The Morgan fingerprint density at radius 3 is 2.17 bits per heavy atom. The smallest absolute Gasteiger partial charge is 0.303 e. The normalized spacial score (nSPS) is 11.8. The first-order valence-electron chi connectivity index (χ1n) is 7.65. The summed E-state index contributed by atoms with van der Waals surface area (Å²) in [5.41, 5.74) is 3.68. The molecule has 0 amide bonds. The summed E-state index contributed by atoms with van der Waals surface area (Å²) in [4.78, 5) is 12.8. The summed E-state index contributed by atoms with van der Waals surface area (Å²) in [5.74, 6) is -0.728. The zero-order valence-corrected chi connectivity index (χ0v) is 14.4. The summed E-state index contributed by atoms with van der Waals surface area (Å²) in [6, 6.07) is 19.2. The van der Waals surface area contributed by atoms with Gasteiger partial charge in [0.25, 0.3) is 0 Å². The molecule has 0 aliphatic carbocycles. The van der Waals surface area contributed by atoms with Crippen molar-refractivity contribution in [3.05, 3.63) is 60.2 Å². The maximum atomic E-state index is 10.6. The van der Waals surface area contributed by atoms with Gasteiger partial charge in [-0.2, -0.15) is 0 Å². The van der Waals surface area contributed by atoms with Gasteiger partial charge >= 0.3 is 5.97 Å². The van der Waals surface area contributed by atoms with Crippen LogP contribution in [-0.4, -0.2) is 29.6 Å². The molecule has 0 saturated carbocycles. The second kappa shape index (κ2) is 9.33. The molecule has 0 fully saturated rings. The van der Waals surface area contributed by atoms with Gasteiger partial charge in [-0.25, -0.2) is 0 Å². The highest BCUT2D eigenvalue weighted by atomic mass is 35.5. The van der Waals surface area contributed by atoms with E-state index in [1.807, 2.05) is 25.2 Å². The second-order valence-electron chi connectivity index (χ2n) is 5.64. The lowest BCUT2D eigenvalue weighted by molar-refractivity contribution is -0.137. The number of hydrogen-bond acceptors (Lipinski definition) is 2. The molecule has 0 spiro atoms. The van der Waals surface area contributed by atoms with Crippen molar-refractivity contribution in [1.82, 2.24) is 4.90 Å². The molecule has 1 N–H and O–H groups in total. The Balaban J connectivity index is 0.00000264. The third-order valence-corrected chi connectivity index (χ3v) is 4.06. The Kier molecular flexibility index (Phi) is 7.79. The van der Waals surface area contributed by atoms with Crippen LogP contribution in [-0.2, 0) is 4.79 Å². The van der Waals surface area contributed by atoms with Gasteiger partial charge in [0, 0.05) is 12.5 Å². The number of nitrogens with zero attached hydrogens (tertiary/aromatic N) is 1. The molecule has 0 saturated heterocycles. The number of benzene rings is 2. The molecular weight excluding hydrogens is 310 g/mol. The lowest BCUT2D eigenvalue weighted by Crippen LogP contribution is -2.24. The van der Waals surface area contributed by atoms with Gasteiger partial charge in [0.2, 0.25) is 0 Å². The van der Waals surface area contributed by atoms with Crippen LogP contribution in [0.4, 0.5) is 0 Å². The molecule has 1 atom stereocenters. The van der Waals surface area contributed by atoms with Gasteiger partial charge in [-0.3, -0.25) is 9.69 Å². The van der Waals surface area contributed by atoms with Crippen molar-refractivity contribution >= 4 is 18.4 Å². The predicted octanol–water partition coefficient (Wildman–Crippen LogP) is 4.63. The average Bonchev–Trinajstić information content (AvgIpc) is 2.54. The average molecular weight is 334 g/mol. The van der Waals surface area contributed by atoms with Crippen molar-refractivity contribution in [2.75, 3.05) is 13.6 Å². The van der Waals surface area contributed by atoms with E-state index in [1.54, 1.807) is 0 Å². The van der Waals surface area contributed by atoms with E-state index in [1.165, 1.54) is 16.7 Å². The monoisotopic (exact) mass is 333 g/mol. The van der Waals surface area contributed by atoms with Gasteiger partial charge in [0.1, 0.15) is 0 Å². The first-order valence-corrected chi connectivity index (χ1v) is 7.65. The molecule has 23 heavy (non-hydrogen) atoms. The Morgan fingerprint density at radius 1 is 1.04 bits per heavy atom. The maximum Gasteiger partial charge on any atom is 0.303 e. The molecule has 0 aliphatic rings. The number of rotatable bonds is 7. The molecule has 0 bridgehead atoms. The van der Waals surface area contributed by atoms with Gasteiger partial charge in [-0.1, -0.05) is 54.6 Å². The Hall–Kier alpha value is -1.84. The van der Waals surface area contributed by atoms with Crippen molar-refractivity contribution in [2.45, 2.75) is 25.8 Å². The first kappa shape index (κ1) is 19.2. The van der Waals surface area contributed by atoms with Crippen LogP contribution in [0.2, 0.25) is 0 Å². The van der Waals surface area contributed by atoms with Crippen molar-refractivity contribution in [2.24, 2.45) is 0 Å². The van der Waals surface area contributed by atoms with E-state index >= 15 is 0 Å². The Morgan fingerprint density at radius 2 is 1.61 bits per heavy atom. The molecule has 1 unspecified atom stereocenters. The third kappa shape index (κ3) is 5.70. The third-order valence-electron chi connectivity index (χ3n) is 4.06. The first-order chi connectivity index (χ1) is 10.6.